The van der Waals surface area contributed by atoms with Crippen LogP contribution < -0.4 is 15.5 Å². The number of furan rings is 1. The van der Waals surface area contributed by atoms with Crippen LogP contribution in [0.1, 0.15) is 24.0 Å². The second-order valence-electron chi connectivity index (χ2n) is 16.0. The number of imidazole rings is 1. The highest BCUT2D eigenvalue weighted by Gasteiger charge is 2.37. The second-order valence-corrected chi connectivity index (χ2v) is 16.0. The number of rotatable bonds is 6. The van der Waals surface area contributed by atoms with E-state index in [-0.39, 0.29) is 17.9 Å². The van der Waals surface area contributed by atoms with Crippen LogP contribution in [0.5, 0.6) is 0 Å². The van der Waals surface area contributed by atoms with E-state index in [0.717, 1.165) is 79.9 Å². The van der Waals surface area contributed by atoms with Crippen molar-refractivity contribution in [3.05, 3.63) is 210 Å². The highest BCUT2D eigenvalue weighted by molar-refractivity contribution is 6.12. The molecule has 1 aliphatic heterocycles. The van der Waals surface area contributed by atoms with Crippen molar-refractivity contribution in [1.82, 2.24) is 9.55 Å². The predicted octanol–water partition coefficient (Wildman–Crippen LogP) is 10.8. The molecule has 2 aromatic heterocycles. The van der Waals surface area contributed by atoms with Crippen LogP contribution in [0.4, 0.5) is 5.69 Å². The van der Waals surface area contributed by atoms with Crippen molar-refractivity contribution in [2.45, 2.75) is 24.9 Å². The average Bonchev–Trinajstić information content (AvgIpc) is 4.01. The molecule has 0 N–H and O–H groups in total. The first kappa shape index (κ1) is 33.9. The Morgan fingerprint density at radius 3 is 2.15 bits per heavy atom. The third kappa shape index (κ3) is 5.60. The van der Waals surface area contributed by atoms with E-state index in [4.69, 9.17) is 14.4 Å². The summed E-state index contributed by atoms with van der Waals surface area (Å²) in [5, 5.41) is 2.31. The lowest BCUT2D eigenvalue weighted by molar-refractivity contribution is 0.554. The van der Waals surface area contributed by atoms with Crippen molar-refractivity contribution in [1.29, 1.82) is 0 Å². The highest BCUT2D eigenvalue weighted by atomic mass is 16.3. The number of fused-ring (bicyclic) bond motifs is 6. The van der Waals surface area contributed by atoms with Crippen molar-refractivity contribution < 1.29 is 4.42 Å². The fraction of sp³-hybridized carbons (Fsp3) is 0.111. The maximum atomic E-state index is 6.86. The summed E-state index contributed by atoms with van der Waals surface area (Å²) >= 11 is 0. The van der Waals surface area contributed by atoms with E-state index in [1.807, 2.05) is 12.1 Å². The summed E-state index contributed by atoms with van der Waals surface area (Å²) in [6.45, 7) is 0. The van der Waals surface area contributed by atoms with Crippen LogP contribution in [-0.2, 0) is 0 Å². The highest BCUT2D eigenvalue weighted by Crippen LogP contribution is 2.38. The van der Waals surface area contributed by atoms with E-state index in [0.29, 0.717) is 6.04 Å². The molecule has 0 amide bonds. The van der Waals surface area contributed by atoms with Gasteiger partial charge < -0.3 is 9.32 Å². The fourth-order valence-electron chi connectivity index (χ4n) is 9.76. The Balaban J connectivity index is 0.932. The van der Waals surface area contributed by atoms with Crippen LogP contribution in [0.25, 0.3) is 61.9 Å². The monoisotopic (exact) mass is 760 g/mol. The summed E-state index contributed by atoms with van der Waals surface area (Å²) in [5.74, 6) is 2.41. The number of anilines is 1. The zero-order chi connectivity index (χ0) is 38.9. The van der Waals surface area contributed by atoms with Crippen molar-refractivity contribution in [3.8, 4) is 28.2 Å². The molecule has 0 spiro atoms. The van der Waals surface area contributed by atoms with Crippen LogP contribution in [0.2, 0.25) is 0 Å². The van der Waals surface area contributed by atoms with Gasteiger partial charge in [0.1, 0.15) is 22.7 Å². The third-order valence-electron chi connectivity index (χ3n) is 12.6. The molecule has 5 nitrogen and oxygen atoms in total. The molecule has 3 heterocycles. The maximum absolute atomic E-state index is 6.86. The molecule has 0 radical (unpaired) electrons. The van der Waals surface area contributed by atoms with Crippen LogP contribution in [0.3, 0.4) is 0 Å². The van der Waals surface area contributed by atoms with Gasteiger partial charge in [-0.25, -0.2) is 4.98 Å². The van der Waals surface area contributed by atoms with Gasteiger partial charge in [-0.15, -0.1) is 0 Å². The predicted molar refractivity (Wildman–Crippen MR) is 241 cm³/mol. The van der Waals surface area contributed by atoms with Crippen molar-refractivity contribution in [2.75, 3.05) is 4.90 Å². The third-order valence-corrected chi connectivity index (χ3v) is 12.6. The first-order valence-electron chi connectivity index (χ1n) is 20.7. The largest absolute Gasteiger partial charge is 0.456 e. The number of benzene rings is 6. The molecule has 4 atom stereocenters. The fourth-order valence-corrected chi connectivity index (χ4v) is 9.76. The first-order chi connectivity index (χ1) is 29.2. The number of nitrogens with zero attached hydrogens (tertiary/aromatic N) is 4. The van der Waals surface area contributed by atoms with Crippen molar-refractivity contribution >= 4 is 45.2 Å². The van der Waals surface area contributed by atoms with Gasteiger partial charge in [0.25, 0.3) is 0 Å². The topological polar surface area (TPSA) is 46.6 Å². The minimum Gasteiger partial charge on any atom is -0.456 e. The minimum absolute atomic E-state index is 0.173. The molecule has 5 heteroatoms. The summed E-state index contributed by atoms with van der Waals surface area (Å²) in [7, 11) is 0. The maximum Gasteiger partial charge on any atom is 0.145 e. The molecule has 8 aromatic rings. The lowest BCUT2D eigenvalue weighted by Gasteiger charge is -2.32. The molecular formula is C54H40N4O. The van der Waals surface area contributed by atoms with E-state index in [2.05, 4.69) is 192 Å². The van der Waals surface area contributed by atoms with Gasteiger partial charge in [-0.2, -0.15) is 0 Å². The summed E-state index contributed by atoms with van der Waals surface area (Å²) in [6, 6.07) is 54.6. The summed E-state index contributed by atoms with van der Waals surface area (Å²) in [4.78, 5) is 12.8. The number of hydrogen-bond acceptors (Lipinski definition) is 4. The molecular weight excluding hydrogens is 721 g/mol. The number of allylic oxidation sites excluding steroid dienone is 5. The summed E-state index contributed by atoms with van der Waals surface area (Å²) < 4.78 is 9.12. The van der Waals surface area contributed by atoms with Gasteiger partial charge in [-0.1, -0.05) is 146 Å². The molecule has 12 rings (SSSR count). The van der Waals surface area contributed by atoms with Crippen molar-refractivity contribution in [2.24, 2.45) is 16.8 Å². The smallest absolute Gasteiger partial charge is 0.145 e. The van der Waals surface area contributed by atoms with E-state index < -0.39 is 0 Å². The van der Waals surface area contributed by atoms with E-state index in [9.17, 15) is 0 Å². The van der Waals surface area contributed by atoms with Crippen molar-refractivity contribution in [3.63, 3.8) is 0 Å². The molecule has 4 unspecified atom stereocenters. The van der Waals surface area contributed by atoms with Crippen LogP contribution in [0.15, 0.2) is 198 Å². The standard InChI is InChI=1S/C54H40N4O/c1-3-13-37(14-4-1)53-55-46-19-9-11-21-48(46)57(53)41-28-23-35(24-29-41)39-27-32-50-44(33-39)45-34-40-17-7-8-18-43(40)51(52(45)59-50)36-25-30-42(31-26-36)58-49-22-12-10-20-47(49)56-54(58)38-15-5-2-6-16-38/h1-11,13-21,23-34,40,43,47,49H,12,22H2. The Morgan fingerprint density at radius 1 is 0.610 bits per heavy atom. The Morgan fingerprint density at radius 2 is 1.32 bits per heavy atom. The van der Waals surface area contributed by atoms with Gasteiger partial charge in [0.15, 0.2) is 0 Å². The van der Waals surface area contributed by atoms with Gasteiger partial charge in [0.05, 0.1) is 23.1 Å². The SMILES string of the molecule is C1=CC2C=c3c(oc4ccc(-c5ccc(-n6c(-c7ccccc7)nc7ccccc76)cc5)cc34)=C(c3ccc(N4C(c5ccccc5)=NC5C=CCCC54)cc3)C2C=C1. The molecule has 6 aromatic carbocycles. The zero-order valence-electron chi connectivity index (χ0n) is 32.4. The number of aliphatic imine (C=N–C) groups is 1. The molecule has 0 saturated heterocycles. The number of hydrogen-bond donors (Lipinski definition) is 0. The van der Waals surface area contributed by atoms with Gasteiger partial charge in [0, 0.05) is 50.5 Å². The Hall–Kier alpha value is -7.24. The zero-order valence-corrected chi connectivity index (χ0v) is 32.4. The lowest BCUT2D eigenvalue weighted by Crippen LogP contribution is -2.40. The normalized spacial score (nSPS) is 20.4. The summed E-state index contributed by atoms with van der Waals surface area (Å²) in [6.07, 6.45) is 18.2. The van der Waals surface area contributed by atoms with Crippen LogP contribution in [0, 0.1) is 11.8 Å². The number of aromatic nitrogens is 2. The minimum atomic E-state index is 0.173. The lowest BCUT2D eigenvalue weighted by atomic mass is 9.77. The molecule has 0 bridgehead atoms. The van der Waals surface area contributed by atoms with Gasteiger partial charge in [0.2, 0.25) is 0 Å². The molecule has 282 valence electrons. The number of para-hydroxylation sites is 2. The number of amidine groups is 1. The Labute approximate surface area is 342 Å². The van der Waals surface area contributed by atoms with Gasteiger partial charge >= 0.3 is 0 Å². The van der Waals surface area contributed by atoms with Crippen LogP contribution >= 0.6 is 0 Å². The molecule has 59 heavy (non-hydrogen) atoms. The Kier molecular flexibility index (Phi) is 7.87. The molecule has 0 fully saturated rings. The molecule has 4 aliphatic rings. The molecule has 0 saturated carbocycles. The van der Waals surface area contributed by atoms with Gasteiger partial charge in [-0.3, -0.25) is 9.56 Å². The first-order valence-corrected chi connectivity index (χ1v) is 20.7. The molecule has 3 aliphatic carbocycles. The van der Waals surface area contributed by atoms with Gasteiger partial charge in [-0.05, 0) is 78.1 Å². The summed E-state index contributed by atoms with van der Waals surface area (Å²) in [5.41, 5.74) is 13.2. The van der Waals surface area contributed by atoms with E-state index in [1.54, 1.807) is 0 Å². The Bertz CT molecular complexity index is 3170. The second kappa shape index (κ2) is 13.7. The van der Waals surface area contributed by atoms with Crippen LogP contribution in [-0.4, -0.2) is 27.5 Å². The average molecular weight is 761 g/mol. The van der Waals surface area contributed by atoms with E-state index in [1.165, 1.54) is 22.0 Å². The quantitative estimate of drug-likeness (QED) is 0.159. The van der Waals surface area contributed by atoms with E-state index >= 15 is 0 Å².